The van der Waals surface area contributed by atoms with Gasteiger partial charge in [-0.05, 0) is 0 Å². The highest BCUT2D eigenvalue weighted by atomic mass is 16.8. The molecule has 9 unspecified atom stereocenters. The summed E-state index contributed by atoms with van der Waals surface area (Å²) in [4.78, 5) is 0. The number of hydrogen-bond donors (Lipinski definition) is 11. The highest BCUT2D eigenvalue weighted by Gasteiger charge is 2.53. The van der Waals surface area contributed by atoms with E-state index in [2.05, 4.69) is 0 Å². The van der Waals surface area contributed by atoms with Gasteiger partial charge in [0.1, 0.15) is 73.2 Å². The van der Waals surface area contributed by atoms with Crippen LogP contribution >= 0.6 is 0 Å². The molecule has 0 amide bonds. The minimum atomic E-state index is -1.91. The lowest BCUT2D eigenvalue weighted by Crippen LogP contribution is -2.66. The van der Waals surface area contributed by atoms with Crippen molar-refractivity contribution in [2.45, 2.75) is 92.1 Å². The highest BCUT2D eigenvalue weighted by Crippen LogP contribution is 2.32. The Morgan fingerprint density at radius 1 is 0.441 bits per heavy atom. The van der Waals surface area contributed by atoms with E-state index in [-0.39, 0.29) is 0 Å². The number of rotatable bonds is 7. The average Bonchev–Trinajstić information content (AvgIpc) is 2.83. The third kappa shape index (κ3) is 5.37. The molecule has 0 bridgehead atoms. The Morgan fingerprint density at radius 3 is 1.35 bits per heavy atom. The molecule has 0 radical (unpaired) electrons. The lowest BCUT2D eigenvalue weighted by atomic mass is 9.96. The molecule has 3 rings (SSSR count). The molecule has 34 heavy (non-hydrogen) atoms. The summed E-state index contributed by atoms with van der Waals surface area (Å²) in [5, 5.41) is 109. The zero-order valence-electron chi connectivity index (χ0n) is 17.7. The monoisotopic (exact) mass is 504 g/mol. The summed E-state index contributed by atoms with van der Waals surface area (Å²) in [5.41, 5.74) is 0. The van der Waals surface area contributed by atoms with Gasteiger partial charge < -0.3 is 79.9 Å². The SMILES string of the molecule is OCC1O[C@@H](O[C@H]2C(CO)O[C@@H](O[C@@H]3C(CO)O[C@@H](O)C(O)C3O)C(O)C2O)C(O)C(O)[C@H]1O. The first-order chi connectivity index (χ1) is 16.0. The lowest BCUT2D eigenvalue weighted by Gasteiger charge is -2.47. The molecule has 0 spiro atoms. The summed E-state index contributed by atoms with van der Waals surface area (Å²) < 4.78 is 26.4. The van der Waals surface area contributed by atoms with Crippen molar-refractivity contribution >= 4 is 0 Å². The first kappa shape index (κ1) is 27.9. The summed E-state index contributed by atoms with van der Waals surface area (Å²) in [5.74, 6) is 0. The van der Waals surface area contributed by atoms with Gasteiger partial charge in [-0.1, -0.05) is 0 Å². The Balaban J connectivity index is 1.72. The second-order valence-corrected chi connectivity index (χ2v) is 8.33. The average molecular weight is 504 g/mol. The maximum Gasteiger partial charge on any atom is 0.187 e. The summed E-state index contributed by atoms with van der Waals surface area (Å²) in [6.07, 6.45) is -25.1. The van der Waals surface area contributed by atoms with E-state index in [0.29, 0.717) is 0 Å². The van der Waals surface area contributed by atoms with Gasteiger partial charge in [0.15, 0.2) is 18.9 Å². The van der Waals surface area contributed by atoms with Gasteiger partial charge in [-0.2, -0.15) is 0 Å². The van der Waals surface area contributed by atoms with Gasteiger partial charge in [0.25, 0.3) is 0 Å². The van der Waals surface area contributed by atoms with Crippen LogP contribution in [0.5, 0.6) is 0 Å². The molecule has 3 saturated heterocycles. The Morgan fingerprint density at radius 2 is 0.853 bits per heavy atom. The van der Waals surface area contributed by atoms with E-state index in [1.165, 1.54) is 0 Å². The summed E-state index contributed by atoms with van der Waals surface area (Å²) >= 11 is 0. The van der Waals surface area contributed by atoms with Crippen LogP contribution in [0.4, 0.5) is 0 Å². The van der Waals surface area contributed by atoms with Crippen LogP contribution in [0.15, 0.2) is 0 Å². The number of ether oxygens (including phenoxy) is 5. The van der Waals surface area contributed by atoms with Crippen LogP contribution in [-0.2, 0) is 23.7 Å². The van der Waals surface area contributed by atoms with Crippen LogP contribution in [0.3, 0.4) is 0 Å². The molecule has 15 atom stereocenters. The van der Waals surface area contributed by atoms with E-state index in [0.717, 1.165) is 0 Å². The van der Waals surface area contributed by atoms with Crippen molar-refractivity contribution in [1.82, 2.24) is 0 Å². The molecule has 11 N–H and O–H groups in total. The van der Waals surface area contributed by atoms with Gasteiger partial charge in [-0.25, -0.2) is 0 Å². The molecular formula is C18H32O16. The van der Waals surface area contributed by atoms with Gasteiger partial charge >= 0.3 is 0 Å². The molecule has 0 aliphatic carbocycles. The highest BCUT2D eigenvalue weighted by molar-refractivity contribution is 4.96. The molecule has 3 fully saturated rings. The number of aliphatic hydroxyl groups is 11. The summed E-state index contributed by atoms with van der Waals surface area (Å²) in [7, 11) is 0. The van der Waals surface area contributed by atoms with E-state index in [4.69, 9.17) is 23.7 Å². The molecule has 200 valence electrons. The van der Waals surface area contributed by atoms with Crippen LogP contribution in [-0.4, -0.2) is 168 Å². The van der Waals surface area contributed by atoms with Crippen LogP contribution in [0.25, 0.3) is 0 Å². The Kier molecular flexibility index (Phi) is 9.54. The number of aliphatic hydroxyl groups excluding tert-OH is 11. The first-order valence-electron chi connectivity index (χ1n) is 10.6. The smallest absolute Gasteiger partial charge is 0.187 e. The molecule has 3 aliphatic heterocycles. The molecule has 3 heterocycles. The first-order valence-corrected chi connectivity index (χ1v) is 10.6. The second-order valence-electron chi connectivity index (χ2n) is 8.33. The fourth-order valence-corrected chi connectivity index (χ4v) is 4.06. The van der Waals surface area contributed by atoms with Crippen LogP contribution in [0.1, 0.15) is 0 Å². The molecule has 0 aromatic carbocycles. The van der Waals surface area contributed by atoms with Gasteiger partial charge in [0.05, 0.1) is 19.8 Å². The maximum atomic E-state index is 10.6. The molecule has 16 heteroatoms. The standard InChI is InChI=1S/C18H32O16/c19-1-4-7(22)8(23)12(27)17(31-4)34-15-6(3-21)32-18(13(28)10(15)25)33-14-5(2-20)30-16(29)11(26)9(14)24/h4-29H,1-3H2/t4?,5?,6?,7-,8?,9?,10?,11?,12?,13?,14+,15-,16+,17-,18-/m0/s1. The number of hydrogen-bond acceptors (Lipinski definition) is 16. The Bertz CT molecular complexity index is 635. The minimum absolute atomic E-state index is 0.741. The predicted octanol–water partition coefficient (Wildman–Crippen LogP) is -7.57. The quantitative estimate of drug-likeness (QED) is 0.154. The Hall–Kier alpha value is -0.640. The Labute approximate surface area is 192 Å². The van der Waals surface area contributed by atoms with Crippen molar-refractivity contribution in [3.63, 3.8) is 0 Å². The minimum Gasteiger partial charge on any atom is -0.394 e. The normalized spacial score (nSPS) is 52.5. The molecular weight excluding hydrogens is 472 g/mol. The van der Waals surface area contributed by atoms with Gasteiger partial charge in [0.2, 0.25) is 0 Å². The molecule has 0 aromatic rings. The predicted molar refractivity (Wildman–Crippen MR) is 101 cm³/mol. The van der Waals surface area contributed by atoms with Gasteiger partial charge in [0, 0.05) is 0 Å². The molecule has 3 aliphatic rings. The van der Waals surface area contributed by atoms with E-state index in [1.807, 2.05) is 0 Å². The largest absolute Gasteiger partial charge is 0.394 e. The fraction of sp³-hybridized carbons (Fsp3) is 1.00. The third-order valence-electron chi connectivity index (χ3n) is 6.09. The zero-order chi connectivity index (χ0) is 25.3. The second kappa shape index (κ2) is 11.6. The molecule has 0 saturated carbocycles. The van der Waals surface area contributed by atoms with Crippen molar-refractivity contribution in [3.8, 4) is 0 Å². The summed E-state index contributed by atoms with van der Waals surface area (Å²) in [6, 6.07) is 0. The lowest BCUT2D eigenvalue weighted by molar-refractivity contribution is -0.377. The van der Waals surface area contributed by atoms with Crippen LogP contribution in [0, 0.1) is 0 Å². The van der Waals surface area contributed by atoms with E-state index >= 15 is 0 Å². The van der Waals surface area contributed by atoms with Crippen molar-refractivity contribution in [2.75, 3.05) is 19.8 Å². The fourth-order valence-electron chi connectivity index (χ4n) is 4.06. The van der Waals surface area contributed by atoms with Crippen molar-refractivity contribution in [3.05, 3.63) is 0 Å². The van der Waals surface area contributed by atoms with Gasteiger partial charge in [-0.3, -0.25) is 0 Å². The maximum absolute atomic E-state index is 10.6. The van der Waals surface area contributed by atoms with Crippen molar-refractivity contribution in [2.24, 2.45) is 0 Å². The molecule has 0 aromatic heterocycles. The van der Waals surface area contributed by atoms with E-state index in [9.17, 15) is 56.2 Å². The van der Waals surface area contributed by atoms with Crippen LogP contribution < -0.4 is 0 Å². The van der Waals surface area contributed by atoms with Gasteiger partial charge in [-0.15, -0.1) is 0 Å². The van der Waals surface area contributed by atoms with Crippen LogP contribution in [0.2, 0.25) is 0 Å². The topological polar surface area (TPSA) is 269 Å². The van der Waals surface area contributed by atoms with Crippen molar-refractivity contribution < 1.29 is 79.9 Å². The third-order valence-corrected chi connectivity index (χ3v) is 6.09. The summed E-state index contributed by atoms with van der Waals surface area (Å²) in [6.45, 7) is -2.32. The molecule has 16 nitrogen and oxygen atoms in total. The van der Waals surface area contributed by atoms with Crippen molar-refractivity contribution in [1.29, 1.82) is 0 Å². The van der Waals surface area contributed by atoms with E-state index in [1.54, 1.807) is 0 Å². The zero-order valence-corrected chi connectivity index (χ0v) is 17.7. The van der Waals surface area contributed by atoms with E-state index < -0.39 is 112 Å².